The van der Waals surface area contributed by atoms with Crippen molar-refractivity contribution in [2.24, 2.45) is 47.3 Å². The second kappa shape index (κ2) is 16.4. The summed E-state index contributed by atoms with van der Waals surface area (Å²) in [7, 11) is 0. The Morgan fingerprint density at radius 2 is 0.962 bits per heavy atom. The molecule has 294 valence electrons. The van der Waals surface area contributed by atoms with Gasteiger partial charge in [-0.15, -0.1) is 0 Å². The van der Waals surface area contributed by atoms with Crippen LogP contribution in [0.4, 0.5) is 0 Å². The molecular weight excluding hydrogens is 633 g/mol. The molecule has 0 amide bonds. The van der Waals surface area contributed by atoms with E-state index in [1.54, 1.807) is 64.2 Å². The molecular formula is C48H82N4. The number of fused-ring (bicyclic) bond motifs is 6. The summed E-state index contributed by atoms with van der Waals surface area (Å²) in [6.07, 6.45) is 45.8. The van der Waals surface area contributed by atoms with E-state index in [1.165, 1.54) is 142 Å². The highest BCUT2D eigenvalue weighted by Crippen LogP contribution is 2.54. The summed E-state index contributed by atoms with van der Waals surface area (Å²) >= 11 is 0. The Balaban J connectivity index is 0.754. The van der Waals surface area contributed by atoms with Crippen LogP contribution in [0.5, 0.6) is 0 Å². The Bertz CT molecular complexity index is 1110. The summed E-state index contributed by atoms with van der Waals surface area (Å²) in [6.45, 7) is 2.56. The van der Waals surface area contributed by atoms with Gasteiger partial charge in [-0.2, -0.15) is 0 Å². The smallest absolute Gasteiger partial charge is 0.0254 e. The monoisotopic (exact) mass is 715 g/mol. The molecule has 52 heavy (non-hydrogen) atoms. The Hall–Kier alpha value is -0.160. The summed E-state index contributed by atoms with van der Waals surface area (Å²) in [5.41, 5.74) is 0. The van der Waals surface area contributed by atoms with Crippen LogP contribution < -0.4 is 10.6 Å². The van der Waals surface area contributed by atoms with E-state index in [2.05, 4.69) is 20.4 Å². The number of nitrogens with one attached hydrogen (secondary N) is 2. The third-order valence-corrected chi connectivity index (χ3v) is 19.4. The average Bonchev–Trinajstić information content (AvgIpc) is 3.55. The average molecular weight is 715 g/mol. The topological polar surface area (TPSA) is 30.5 Å². The first-order chi connectivity index (χ1) is 25.8. The molecule has 4 nitrogen and oxygen atoms in total. The molecule has 0 bridgehead atoms. The van der Waals surface area contributed by atoms with Gasteiger partial charge in [-0.1, -0.05) is 51.4 Å². The molecule has 10 aliphatic rings. The Morgan fingerprint density at radius 3 is 1.71 bits per heavy atom. The minimum atomic E-state index is 0.780. The molecule has 3 heterocycles. The second-order valence-corrected chi connectivity index (χ2v) is 21.5. The number of likely N-dealkylation sites (tertiary alicyclic amines) is 1. The molecule has 10 fully saturated rings. The van der Waals surface area contributed by atoms with Gasteiger partial charge in [-0.25, -0.2) is 0 Å². The lowest BCUT2D eigenvalue weighted by Gasteiger charge is -2.53. The van der Waals surface area contributed by atoms with E-state index in [0.717, 1.165) is 95.7 Å². The summed E-state index contributed by atoms with van der Waals surface area (Å²) in [4.78, 5) is 6.60. The molecule has 10 atom stereocenters. The predicted molar refractivity (Wildman–Crippen MR) is 216 cm³/mol. The quantitative estimate of drug-likeness (QED) is 0.287. The van der Waals surface area contributed by atoms with Gasteiger partial charge in [0.2, 0.25) is 0 Å². The lowest BCUT2D eigenvalue weighted by Crippen LogP contribution is -2.64. The summed E-state index contributed by atoms with van der Waals surface area (Å²) < 4.78 is 0. The van der Waals surface area contributed by atoms with E-state index >= 15 is 0 Å². The van der Waals surface area contributed by atoms with Crippen LogP contribution in [0.3, 0.4) is 0 Å². The maximum atomic E-state index is 4.08. The van der Waals surface area contributed by atoms with Gasteiger partial charge in [0, 0.05) is 48.3 Å². The van der Waals surface area contributed by atoms with Gasteiger partial charge in [0.15, 0.2) is 0 Å². The van der Waals surface area contributed by atoms with Gasteiger partial charge >= 0.3 is 0 Å². The van der Waals surface area contributed by atoms with E-state index in [-0.39, 0.29) is 0 Å². The van der Waals surface area contributed by atoms with Gasteiger partial charge in [0.1, 0.15) is 0 Å². The molecule has 0 spiro atoms. The van der Waals surface area contributed by atoms with Crippen molar-refractivity contribution >= 4 is 0 Å². The molecule has 0 aromatic carbocycles. The molecule has 7 aliphatic carbocycles. The number of nitrogens with zero attached hydrogens (tertiary/aromatic N) is 2. The molecule has 0 radical (unpaired) electrons. The van der Waals surface area contributed by atoms with Crippen molar-refractivity contribution in [3.8, 4) is 0 Å². The second-order valence-electron chi connectivity index (χ2n) is 21.5. The number of hydrogen-bond acceptors (Lipinski definition) is 4. The highest BCUT2D eigenvalue weighted by Gasteiger charge is 2.55. The Morgan fingerprint density at radius 1 is 0.346 bits per heavy atom. The minimum Gasteiger partial charge on any atom is -0.312 e. The fourth-order valence-electron chi connectivity index (χ4n) is 17.2. The lowest BCUT2D eigenvalue weighted by molar-refractivity contribution is -0.00940. The third-order valence-electron chi connectivity index (χ3n) is 19.4. The zero-order valence-corrected chi connectivity index (χ0v) is 33.8. The fourth-order valence-corrected chi connectivity index (χ4v) is 17.2. The van der Waals surface area contributed by atoms with Crippen LogP contribution in [-0.4, -0.2) is 71.2 Å². The van der Waals surface area contributed by atoms with E-state index in [4.69, 9.17) is 0 Å². The maximum Gasteiger partial charge on any atom is 0.0254 e. The molecule has 3 aliphatic heterocycles. The van der Waals surface area contributed by atoms with Gasteiger partial charge < -0.3 is 10.6 Å². The molecule has 7 saturated carbocycles. The van der Waals surface area contributed by atoms with Crippen molar-refractivity contribution in [1.29, 1.82) is 0 Å². The van der Waals surface area contributed by atoms with Crippen molar-refractivity contribution in [2.75, 3.05) is 13.1 Å². The molecule has 2 N–H and O–H groups in total. The van der Waals surface area contributed by atoms with Crippen LogP contribution in [-0.2, 0) is 0 Å². The largest absolute Gasteiger partial charge is 0.312 e. The zero-order valence-electron chi connectivity index (χ0n) is 33.8. The van der Waals surface area contributed by atoms with Crippen LogP contribution in [0.1, 0.15) is 193 Å². The van der Waals surface area contributed by atoms with E-state index in [0.29, 0.717) is 0 Å². The van der Waals surface area contributed by atoms with Crippen LogP contribution in [0, 0.1) is 47.3 Å². The molecule has 0 aromatic rings. The number of piperidine rings is 2. The number of rotatable bonds is 6. The van der Waals surface area contributed by atoms with Crippen LogP contribution in [0.2, 0.25) is 0 Å². The third kappa shape index (κ3) is 7.05. The van der Waals surface area contributed by atoms with Crippen LogP contribution >= 0.6 is 0 Å². The molecule has 10 rings (SSSR count). The first-order valence-corrected chi connectivity index (χ1v) is 24.8. The minimum absolute atomic E-state index is 0.780. The van der Waals surface area contributed by atoms with Crippen molar-refractivity contribution in [1.82, 2.24) is 20.4 Å². The molecule has 3 saturated heterocycles. The Kier molecular flexibility index (Phi) is 11.4. The van der Waals surface area contributed by atoms with Gasteiger partial charge in [-0.05, 0) is 202 Å². The first kappa shape index (κ1) is 36.2. The van der Waals surface area contributed by atoms with E-state index < -0.39 is 0 Å². The fraction of sp³-hybridized carbons (Fsp3) is 1.00. The summed E-state index contributed by atoms with van der Waals surface area (Å²) in [6, 6.07) is 7.14. The Labute approximate surface area is 320 Å². The van der Waals surface area contributed by atoms with Gasteiger partial charge in [0.05, 0.1) is 0 Å². The highest BCUT2D eigenvalue weighted by molar-refractivity contribution is 5.09. The SMILES string of the molecule is C1CCC(N(C2CCCCC2)C2CCC3C(C2)C2CCCCC2N3C2CCC(C3CCC(C4CCNC5C4CCC4CCCNC45)CC3)CC2)CC1. The molecule has 10 unspecified atom stereocenters. The van der Waals surface area contributed by atoms with Gasteiger partial charge in [-0.3, -0.25) is 9.80 Å². The van der Waals surface area contributed by atoms with Gasteiger partial charge in [0.25, 0.3) is 0 Å². The lowest BCUT2D eigenvalue weighted by atomic mass is 9.59. The maximum absolute atomic E-state index is 4.08. The normalized spacial score (nSPS) is 48.4. The van der Waals surface area contributed by atoms with Crippen LogP contribution in [0.25, 0.3) is 0 Å². The molecule has 0 aromatic heterocycles. The summed E-state index contributed by atoms with van der Waals surface area (Å²) in [5, 5.41) is 8.09. The standard InChI is InChI=1S/C48H82N4/c1-3-11-37(12-4-1)51(38-13-5-2-6-14-38)40-26-28-46-44(32-40)42-15-7-8-16-45(42)52(46)39-24-21-34(22-25-39)33-17-19-35(20-18-33)41-29-31-50-48-43(41)27-23-36-10-9-30-49-47(36)48/h33-50H,1-32H2. The van der Waals surface area contributed by atoms with E-state index in [1.807, 2.05) is 0 Å². The first-order valence-electron chi connectivity index (χ1n) is 24.8. The summed E-state index contributed by atoms with van der Waals surface area (Å²) in [5.74, 6) is 8.14. The zero-order chi connectivity index (χ0) is 34.4. The predicted octanol–water partition coefficient (Wildman–Crippen LogP) is 10.5. The number of hydrogen-bond donors (Lipinski definition) is 2. The van der Waals surface area contributed by atoms with Crippen molar-refractivity contribution < 1.29 is 0 Å². The van der Waals surface area contributed by atoms with Crippen molar-refractivity contribution in [3.05, 3.63) is 0 Å². The highest BCUT2D eigenvalue weighted by atomic mass is 15.3. The van der Waals surface area contributed by atoms with Crippen molar-refractivity contribution in [2.45, 2.75) is 241 Å². The van der Waals surface area contributed by atoms with E-state index in [9.17, 15) is 0 Å². The van der Waals surface area contributed by atoms with Crippen LogP contribution in [0.15, 0.2) is 0 Å². The molecule has 4 heteroatoms. The van der Waals surface area contributed by atoms with Crippen molar-refractivity contribution in [3.63, 3.8) is 0 Å².